The molecule has 176 valence electrons. The zero-order valence-corrected chi connectivity index (χ0v) is 19.8. The van der Waals surface area contributed by atoms with Crippen LogP contribution in [0.15, 0.2) is 50.5 Å². The predicted molar refractivity (Wildman–Crippen MR) is 127 cm³/mol. The van der Waals surface area contributed by atoms with E-state index < -0.39 is 15.8 Å². The molecule has 3 aromatic rings. The molecule has 1 amide bonds. The minimum atomic E-state index is -3.61. The van der Waals surface area contributed by atoms with Crippen LogP contribution in [0.2, 0.25) is 0 Å². The summed E-state index contributed by atoms with van der Waals surface area (Å²) in [5.41, 5.74) is 3.34. The molecule has 33 heavy (non-hydrogen) atoms. The van der Waals surface area contributed by atoms with Crippen molar-refractivity contribution in [3.05, 3.63) is 52.5 Å². The second-order valence-electron chi connectivity index (χ2n) is 8.45. The number of carbonyl (C=O) groups is 1. The van der Waals surface area contributed by atoms with Crippen molar-refractivity contribution in [3.8, 4) is 0 Å². The Morgan fingerprint density at radius 1 is 1.12 bits per heavy atom. The highest BCUT2D eigenvalue weighted by Crippen LogP contribution is 2.25. The highest BCUT2D eigenvalue weighted by atomic mass is 32.2. The van der Waals surface area contributed by atoms with E-state index in [2.05, 4.69) is 5.32 Å². The van der Waals surface area contributed by atoms with Crippen molar-refractivity contribution in [1.29, 1.82) is 0 Å². The molecule has 0 spiro atoms. The Balaban J connectivity index is 1.48. The van der Waals surface area contributed by atoms with Gasteiger partial charge >= 0.3 is 5.76 Å². The van der Waals surface area contributed by atoms with E-state index >= 15 is 0 Å². The minimum absolute atomic E-state index is 0.0667. The standard InChI is InChI=1S/C23H28N4O5S/c1-16-14-17(25(2)3)6-8-19(16)24-22(28)10-13-27-20-9-7-18(15-21(20)32-23(27)29)33(30,31)26-11-4-5-12-26/h6-9,14-15H,4-5,10-13H2,1-3H3,(H,24,28). The zero-order valence-electron chi connectivity index (χ0n) is 19.0. The van der Waals surface area contributed by atoms with Crippen molar-refractivity contribution in [2.24, 2.45) is 0 Å². The normalized spacial score (nSPS) is 14.6. The summed E-state index contributed by atoms with van der Waals surface area (Å²) in [4.78, 5) is 27.0. The van der Waals surface area contributed by atoms with Gasteiger partial charge in [0.1, 0.15) is 0 Å². The largest absolute Gasteiger partial charge is 0.419 e. The van der Waals surface area contributed by atoms with Crippen LogP contribution < -0.4 is 16.0 Å². The molecule has 0 bridgehead atoms. The van der Waals surface area contributed by atoms with Gasteiger partial charge in [-0.25, -0.2) is 13.2 Å². The van der Waals surface area contributed by atoms with E-state index in [0.29, 0.717) is 24.3 Å². The number of benzene rings is 2. The Labute approximate surface area is 192 Å². The first-order valence-electron chi connectivity index (χ1n) is 10.9. The molecular weight excluding hydrogens is 444 g/mol. The number of carbonyl (C=O) groups excluding carboxylic acids is 1. The summed E-state index contributed by atoms with van der Waals surface area (Å²) in [5, 5.41) is 2.88. The fourth-order valence-corrected chi connectivity index (χ4v) is 5.52. The number of oxazole rings is 1. The van der Waals surface area contributed by atoms with Crippen molar-refractivity contribution >= 4 is 38.4 Å². The molecule has 1 aliphatic heterocycles. The molecule has 1 aromatic heterocycles. The first-order chi connectivity index (χ1) is 15.7. The van der Waals surface area contributed by atoms with Gasteiger partial charge in [-0.3, -0.25) is 9.36 Å². The van der Waals surface area contributed by atoms with E-state index in [9.17, 15) is 18.0 Å². The lowest BCUT2D eigenvalue weighted by atomic mass is 10.1. The summed E-state index contributed by atoms with van der Waals surface area (Å²) in [7, 11) is 0.287. The smallest absolute Gasteiger partial charge is 0.408 e. The van der Waals surface area contributed by atoms with Gasteiger partial charge < -0.3 is 14.6 Å². The van der Waals surface area contributed by atoms with Crippen LogP contribution in [-0.4, -0.2) is 50.4 Å². The molecule has 10 heteroatoms. The number of amides is 1. The monoisotopic (exact) mass is 472 g/mol. The maximum Gasteiger partial charge on any atom is 0.419 e. The van der Waals surface area contributed by atoms with Crippen molar-refractivity contribution < 1.29 is 17.6 Å². The molecule has 2 heterocycles. The summed E-state index contributed by atoms with van der Waals surface area (Å²) in [6.45, 7) is 3.03. The van der Waals surface area contributed by atoms with Crippen LogP contribution >= 0.6 is 0 Å². The number of rotatable bonds is 7. The van der Waals surface area contributed by atoms with Gasteiger partial charge in [0.15, 0.2) is 5.58 Å². The van der Waals surface area contributed by atoms with E-state index in [1.165, 1.54) is 21.0 Å². The number of hydrogen-bond donors (Lipinski definition) is 1. The first-order valence-corrected chi connectivity index (χ1v) is 12.3. The number of anilines is 2. The van der Waals surface area contributed by atoms with E-state index in [0.717, 1.165) is 24.1 Å². The molecule has 1 N–H and O–H groups in total. The number of aromatic nitrogens is 1. The van der Waals surface area contributed by atoms with Crippen molar-refractivity contribution in [2.75, 3.05) is 37.4 Å². The van der Waals surface area contributed by atoms with E-state index in [1.54, 1.807) is 6.07 Å². The second kappa shape index (κ2) is 9.03. The molecule has 0 radical (unpaired) electrons. The molecular formula is C23H28N4O5S. The van der Waals surface area contributed by atoms with Gasteiger partial charge in [0, 0.05) is 57.6 Å². The fraction of sp³-hybridized carbons (Fsp3) is 0.391. The molecule has 1 aliphatic rings. The Bertz CT molecular complexity index is 1350. The molecule has 0 unspecified atom stereocenters. The van der Waals surface area contributed by atoms with Gasteiger partial charge in [0.25, 0.3) is 0 Å². The molecule has 2 aromatic carbocycles. The molecule has 1 saturated heterocycles. The Morgan fingerprint density at radius 2 is 1.85 bits per heavy atom. The maximum absolute atomic E-state index is 12.8. The van der Waals surface area contributed by atoms with E-state index in [4.69, 9.17) is 4.42 Å². The minimum Gasteiger partial charge on any atom is -0.408 e. The molecule has 0 saturated carbocycles. The maximum atomic E-state index is 12.8. The number of nitrogens with zero attached hydrogens (tertiary/aromatic N) is 3. The van der Waals surface area contributed by atoms with Crippen LogP contribution in [0, 0.1) is 6.92 Å². The molecule has 9 nitrogen and oxygen atoms in total. The number of nitrogens with one attached hydrogen (secondary N) is 1. The van der Waals surface area contributed by atoms with Crippen LogP contribution in [0.25, 0.3) is 11.1 Å². The highest BCUT2D eigenvalue weighted by Gasteiger charge is 2.28. The van der Waals surface area contributed by atoms with Gasteiger partial charge in [-0.05, 0) is 55.7 Å². The average Bonchev–Trinajstić information content (AvgIpc) is 3.41. The van der Waals surface area contributed by atoms with Gasteiger partial charge in [-0.1, -0.05) is 0 Å². The van der Waals surface area contributed by atoms with Crippen molar-refractivity contribution in [1.82, 2.24) is 8.87 Å². The fourth-order valence-electron chi connectivity index (χ4n) is 3.99. The number of sulfonamides is 1. The van der Waals surface area contributed by atoms with Gasteiger partial charge in [0.2, 0.25) is 15.9 Å². The lowest BCUT2D eigenvalue weighted by Gasteiger charge is -2.15. The predicted octanol–water partition coefficient (Wildman–Crippen LogP) is 2.78. The third-order valence-electron chi connectivity index (χ3n) is 5.91. The Hall–Kier alpha value is -3.11. The molecule has 1 fully saturated rings. The summed E-state index contributed by atoms with van der Waals surface area (Å²) >= 11 is 0. The lowest BCUT2D eigenvalue weighted by molar-refractivity contribution is -0.116. The summed E-state index contributed by atoms with van der Waals surface area (Å²) in [5.74, 6) is -0.856. The summed E-state index contributed by atoms with van der Waals surface area (Å²) in [6.07, 6.45) is 1.75. The third-order valence-corrected chi connectivity index (χ3v) is 7.80. The Kier molecular flexibility index (Phi) is 6.31. The van der Waals surface area contributed by atoms with E-state index in [-0.39, 0.29) is 29.4 Å². The van der Waals surface area contributed by atoms with Crippen molar-refractivity contribution in [3.63, 3.8) is 0 Å². The van der Waals surface area contributed by atoms with Crippen LogP contribution in [0.5, 0.6) is 0 Å². The van der Waals surface area contributed by atoms with Crippen LogP contribution in [0.3, 0.4) is 0 Å². The van der Waals surface area contributed by atoms with Crippen LogP contribution in [0.4, 0.5) is 11.4 Å². The topological polar surface area (TPSA) is 105 Å². The number of aryl methyl sites for hydroxylation is 2. The number of fused-ring (bicyclic) bond motifs is 1. The molecule has 0 aliphatic carbocycles. The zero-order chi connectivity index (χ0) is 23.8. The number of hydrogen-bond acceptors (Lipinski definition) is 6. The third kappa shape index (κ3) is 4.67. The van der Waals surface area contributed by atoms with Crippen molar-refractivity contribution in [2.45, 2.75) is 37.6 Å². The average molecular weight is 473 g/mol. The SMILES string of the molecule is Cc1cc(N(C)C)ccc1NC(=O)CCn1c(=O)oc2cc(S(=O)(=O)N3CCCC3)ccc21. The first kappa shape index (κ1) is 23.1. The molecule has 0 atom stereocenters. The van der Waals surface area contributed by atoms with Gasteiger partial charge in [-0.2, -0.15) is 4.31 Å². The van der Waals surface area contributed by atoms with E-state index in [1.807, 2.05) is 44.1 Å². The van der Waals surface area contributed by atoms with Gasteiger partial charge in [-0.15, -0.1) is 0 Å². The molecule has 4 rings (SSSR count). The summed E-state index contributed by atoms with van der Waals surface area (Å²) < 4.78 is 33.7. The summed E-state index contributed by atoms with van der Waals surface area (Å²) in [6, 6.07) is 10.2. The highest BCUT2D eigenvalue weighted by molar-refractivity contribution is 7.89. The Morgan fingerprint density at radius 3 is 2.52 bits per heavy atom. The quantitative estimate of drug-likeness (QED) is 0.567. The van der Waals surface area contributed by atoms with Crippen LogP contribution in [0.1, 0.15) is 24.8 Å². The van der Waals surface area contributed by atoms with Crippen LogP contribution in [-0.2, 0) is 21.4 Å². The lowest BCUT2D eigenvalue weighted by Crippen LogP contribution is -2.27. The van der Waals surface area contributed by atoms with Gasteiger partial charge in [0.05, 0.1) is 10.4 Å². The second-order valence-corrected chi connectivity index (χ2v) is 10.4.